The number of hydrogen-bond donors (Lipinski definition) is 1. The number of aliphatic hydroxyl groups excluding tert-OH is 1. The molecule has 4 aromatic rings. The van der Waals surface area contributed by atoms with Crippen molar-refractivity contribution >= 4 is 21.8 Å². The van der Waals surface area contributed by atoms with E-state index in [1.807, 2.05) is 30.3 Å². The van der Waals surface area contributed by atoms with E-state index in [9.17, 15) is 9.90 Å². The van der Waals surface area contributed by atoms with Crippen LogP contribution in [-0.4, -0.2) is 37.4 Å². The standard InChI is InChI=1S/C20H18N4O3/c25-10-16-15-4-2-1-3-13(15)7-22-17(16)9-23-19-8-21-6-5-18(19)24(20(23)26)14-11-27-12-14/h1-8,14,25H,9-12H2. The van der Waals surface area contributed by atoms with Gasteiger partial charge in [0.15, 0.2) is 0 Å². The Morgan fingerprint density at radius 3 is 2.78 bits per heavy atom. The van der Waals surface area contributed by atoms with Crippen molar-refractivity contribution in [2.45, 2.75) is 19.2 Å². The van der Waals surface area contributed by atoms with Gasteiger partial charge in [-0.2, -0.15) is 0 Å². The highest BCUT2D eigenvalue weighted by Crippen LogP contribution is 2.24. The summed E-state index contributed by atoms with van der Waals surface area (Å²) in [6.07, 6.45) is 5.17. The van der Waals surface area contributed by atoms with Crippen molar-refractivity contribution in [1.29, 1.82) is 0 Å². The molecule has 0 amide bonds. The Morgan fingerprint density at radius 1 is 1.15 bits per heavy atom. The van der Waals surface area contributed by atoms with Crippen molar-refractivity contribution in [2.24, 2.45) is 0 Å². The second-order valence-corrected chi connectivity index (χ2v) is 6.72. The van der Waals surface area contributed by atoms with Crippen molar-refractivity contribution in [3.63, 3.8) is 0 Å². The molecule has 1 aliphatic rings. The topological polar surface area (TPSA) is 82.2 Å². The summed E-state index contributed by atoms with van der Waals surface area (Å²) < 4.78 is 8.73. The summed E-state index contributed by atoms with van der Waals surface area (Å²) in [5.74, 6) is 0. The molecule has 1 aliphatic heterocycles. The first kappa shape index (κ1) is 16.2. The first-order chi connectivity index (χ1) is 13.3. The van der Waals surface area contributed by atoms with Gasteiger partial charge in [0.2, 0.25) is 0 Å². The van der Waals surface area contributed by atoms with Crippen LogP contribution in [0.5, 0.6) is 0 Å². The Kier molecular flexibility index (Phi) is 3.77. The first-order valence-electron chi connectivity index (χ1n) is 8.87. The van der Waals surface area contributed by atoms with Gasteiger partial charge >= 0.3 is 5.69 Å². The lowest BCUT2D eigenvalue weighted by Gasteiger charge is -2.27. The lowest BCUT2D eigenvalue weighted by Crippen LogP contribution is -2.38. The number of pyridine rings is 2. The number of aliphatic hydroxyl groups is 1. The largest absolute Gasteiger partial charge is 0.392 e. The van der Waals surface area contributed by atoms with E-state index in [2.05, 4.69) is 9.97 Å². The average Bonchev–Trinajstić information content (AvgIpc) is 2.93. The summed E-state index contributed by atoms with van der Waals surface area (Å²) in [6.45, 7) is 1.23. The van der Waals surface area contributed by atoms with Crippen LogP contribution in [0.15, 0.2) is 53.7 Å². The third-order valence-electron chi connectivity index (χ3n) is 5.21. The number of fused-ring (bicyclic) bond motifs is 2. The van der Waals surface area contributed by atoms with Gasteiger partial charge in [0.05, 0.1) is 55.3 Å². The van der Waals surface area contributed by atoms with Gasteiger partial charge in [-0.1, -0.05) is 24.3 Å². The second kappa shape index (κ2) is 6.29. The van der Waals surface area contributed by atoms with E-state index in [4.69, 9.17) is 4.74 Å². The fraction of sp³-hybridized carbons (Fsp3) is 0.250. The fourth-order valence-corrected chi connectivity index (χ4v) is 3.73. The second-order valence-electron chi connectivity index (χ2n) is 6.72. The molecule has 0 atom stereocenters. The molecule has 0 saturated carbocycles. The van der Waals surface area contributed by atoms with Crippen LogP contribution in [0.2, 0.25) is 0 Å². The van der Waals surface area contributed by atoms with Gasteiger partial charge in [-0.05, 0) is 11.5 Å². The van der Waals surface area contributed by atoms with Crippen LogP contribution in [0, 0.1) is 0 Å². The molecule has 1 saturated heterocycles. The molecule has 1 N–H and O–H groups in total. The third-order valence-corrected chi connectivity index (χ3v) is 5.21. The molecule has 136 valence electrons. The van der Waals surface area contributed by atoms with Crippen molar-refractivity contribution in [3.05, 3.63) is 70.7 Å². The lowest BCUT2D eigenvalue weighted by atomic mass is 10.0. The molecular formula is C20H18N4O3. The number of aromatic nitrogens is 4. The highest BCUT2D eigenvalue weighted by molar-refractivity contribution is 5.85. The van der Waals surface area contributed by atoms with E-state index in [1.54, 1.807) is 27.7 Å². The number of ether oxygens (including phenoxy) is 1. The maximum absolute atomic E-state index is 13.1. The maximum atomic E-state index is 13.1. The molecule has 4 heterocycles. The molecule has 0 radical (unpaired) electrons. The van der Waals surface area contributed by atoms with Gasteiger partial charge in [0, 0.05) is 23.3 Å². The van der Waals surface area contributed by atoms with E-state index in [0.29, 0.717) is 18.9 Å². The zero-order valence-corrected chi connectivity index (χ0v) is 14.6. The predicted octanol–water partition coefficient (Wildman–Crippen LogP) is 1.86. The molecule has 5 rings (SSSR count). The van der Waals surface area contributed by atoms with Crippen LogP contribution >= 0.6 is 0 Å². The van der Waals surface area contributed by atoms with E-state index in [-0.39, 0.29) is 24.9 Å². The lowest BCUT2D eigenvalue weighted by molar-refractivity contribution is -0.0231. The highest BCUT2D eigenvalue weighted by Gasteiger charge is 2.26. The number of rotatable bonds is 4. The summed E-state index contributed by atoms with van der Waals surface area (Å²) in [7, 11) is 0. The van der Waals surface area contributed by atoms with Crippen molar-refractivity contribution in [1.82, 2.24) is 19.1 Å². The molecule has 27 heavy (non-hydrogen) atoms. The van der Waals surface area contributed by atoms with Crippen molar-refractivity contribution in [2.75, 3.05) is 13.2 Å². The van der Waals surface area contributed by atoms with E-state index in [0.717, 1.165) is 27.4 Å². The van der Waals surface area contributed by atoms with Crippen LogP contribution in [0.1, 0.15) is 17.3 Å². The molecule has 1 aromatic carbocycles. The summed E-state index contributed by atoms with van der Waals surface area (Å²) >= 11 is 0. The van der Waals surface area contributed by atoms with Gasteiger partial charge in [0.1, 0.15) is 0 Å². The van der Waals surface area contributed by atoms with Crippen LogP contribution in [0.4, 0.5) is 0 Å². The van der Waals surface area contributed by atoms with Crippen LogP contribution in [-0.2, 0) is 17.9 Å². The third kappa shape index (κ3) is 2.47. The summed E-state index contributed by atoms with van der Waals surface area (Å²) in [6, 6.07) is 9.70. The monoisotopic (exact) mass is 362 g/mol. The minimum atomic E-state index is -0.133. The molecular weight excluding hydrogens is 344 g/mol. The van der Waals surface area contributed by atoms with Gasteiger partial charge in [0.25, 0.3) is 0 Å². The summed E-state index contributed by atoms with van der Waals surface area (Å²) in [5.41, 5.74) is 2.93. The molecule has 0 unspecified atom stereocenters. The van der Waals surface area contributed by atoms with Gasteiger partial charge in [-0.3, -0.25) is 19.1 Å². The molecule has 0 bridgehead atoms. The Labute approximate surface area is 154 Å². The number of imidazole rings is 1. The number of hydrogen-bond acceptors (Lipinski definition) is 5. The molecule has 7 nitrogen and oxygen atoms in total. The Morgan fingerprint density at radius 2 is 2.00 bits per heavy atom. The Hall–Kier alpha value is -3.03. The minimum Gasteiger partial charge on any atom is -0.392 e. The minimum absolute atomic E-state index is 0.0468. The zero-order valence-electron chi connectivity index (χ0n) is 14.6. The molecule has 1 fully saturated rings. The van der Waals surface area contributed by atoms with Gasteiger partial charge in [-0.25, -0.2) is 4.79 Å². The van der Waals surface area contributed by atoms with Crippen molar-refractivity contribution < 1.29 is 9.84 Å². The molecule has 0 aliphatic carbocycles. The first-order valence-corrected chi connectivity index (χ1v) is 8.87. The summed E-state index contributed by atoms with van der Waals surface area (Å²) in [5, 5.41) is 11.9. The number of benzene rings is 1. The quantitative estimate of drug-likeness (QED) is 0.599. The smallest absolute Gasteiger partial charge is 0.329 e. The average molecular weight is 362 g/mol. The van der Waals surface area contributed by atoms with E-state index in [1.165, 1.54) is 0 Å². The Bertz CT molecular complexity index is 1210. The van der Waals surface area contributed by atoms with E-state index >= 15 is 0 Å². The van der Waals surface area contributed by atoms with Crippen LogP contribution < -0.4 is 5.69 Å². The Balaban J connectivity index is 1.69. The van der Waals surface area contributed by atoms with Crippen molar-refractivity contribution in [3.8, 4) is 0 Å². The van der Waals surface area contributed by atoms with Gasteiger partial charge < -0.3 is 9.84 Å². The van der Waals surface area contributed by atoms with Crippen LogP contribution in [0.3, 0.4) is 0 Å². The fourth-order valence-electron chi connectivity index (χ4n) is 3.73. The number of nitrogens with zero attached hydrogens (tertiary/aromatic N) is 4. The van der Waals surface area contributed by atoms with E-state index < -0.39 is 0 Å². The SMILES string of the molecule is O=c1n(Cc2ncc3ccccc3c2CO)c2cnccc2n1C1COC1. The maximum Gasteiger partial charge on any atom is 0.329 e. The van der Waals surface area contributed by atoms with Crippen LogP contribution in [0.25, 0.3) is 21.8 Å². The molecule has 0 spiro atoms. The molecule has 7 heteroatoms. The predicted molar refractivity (Wildman–Crippen MR) is 101 cm³/mol. The molecule has 3 aromatic heterocycles. The normalized spacial score (nSPS) is 14.7. The zero-order chi connectivity index (χ0) is 18.4. The highest BCUT2D eigenvalue weighted by atomic mass is 16.5. The summed E-state index contributed by atoms with van der Waals surface area (Å²) in [4.78, 5) is 21.9. The van der Waals surface area contributed by atoms with Gasteiger partial charge in [-0.15, -0.1) is 0 Å².